The van der Waals surface area contributed by atoms with Crippen LogP contribution in [0.4, 0.5) is 8.78 Å². The molecule has 0 aromatic rings. The van der Waals surface area contributed by atoms with Crippen molar-refractivity contribution in [3.63, 3.8) is 0 Å². The van der Waals surface area contributed by atoms with E-state index in [0.29, 0.717) is 19.1 Å². The lowest BCUT2D eigenvalue weighted by Gasteiger charge is -2.27. The molecule has 2 N–H and O–H groups in total. The zero-order valence-corrected chi connectivity index (χ0v) is 11.8. The van der Waals surface area contributed by atoms with Crippen molar-refractivity contribution < 1.29 is 18.3 Å². The molecule has 0 aliphatic carbocycles. The number of amides is 1. The highest BCUT2D eigenvalue weighted by Crippen LogP contribution is 2.25. The molecule has 112 valence electrons. The molecule has 2 saturated heterocycles. The molecule has 0 saturated carbocycles. The van der Waals surface area contributed by atoms with E-state index in [9.17, 15) is 13.6 Å². The van der Waals surface area contributed by atoms with Gasteiger partial charge >= 0.3 is 0 Å². The molecule has 0 aromatic carbocycles. The maximum Gasteiger partial charge on any atom is 0.262 e. The van der Waals surface area contributed by atoms with Crippen LogP contribution in [0.5, 0.6) is 0 Å². The molecule has 7 heteroatoms. The van der Waals surface area contributed by atoms with Gasteiger partial charge in [-0.1, -0.05) is 0 Å². The lowest BCUT2D eigenvalue weighted by atomic mass is 9.96. The quantitative estimate of drug-likeness (QED) is 0.827. The molecule has 2 aliphatic heterocycles. The summed E-state index contributed by atoms with van der Waals surface area (Å²) in [5.74, 6) is -2.68. The third kappa shape index (κ3) is 4.85. The van der Waals surface area contributed by atoms with Crippen molar-refractivity contribution in [2.75, 3.05) is 19.7 Å². The summed E-state index contributed by atoms with van der Waals surface area (Å²) in [6.07, 6.45) is 1.64. The molecule has 2 fully saturated rings. The summed E-state index contributed by atoms with van der Waals surface area (Å²) in [5.41, 5.74) is 0. The maximum absolute atomic E-state index is 12.9. The van der Waals surface area contributed by atoms with Crippen LogP contribution in [0.3, 0.4) is 0 Å². The van der Waals surface area contributed by atoms with Gasteiger partial charge in [0.1, 0.15) is 0 Å². The van der Waals surface area contributed by atoms with Gasteiger partial charge in [0.25, 0.3) is 5.92 Å². The second kappa shape index (κ2) is 6.81. The predicted octanol–water partition coefficient (Wildman–Crippen LogP) is 1.34. The van der Waals surface area contributed by atoms with Crippen molar-refractivity contribution in [1.29, 1.82) is 0 Å². The Morgan fingerprint density at radius 2 is 2.26 bits per heavy atom. The van der Waals surface area contributed by atoms with E-state index in [2.05, 4.69) is 10.6 Å². The summed E-state index contributed by atoms with van der Waals surface area (Å²) < 4.78 is 31.3. The zero-order chi connectivity index (χ0) is 13.2. The molecule has 4 nitrogen and oxygen atoms in total. The molecular formula is C12H21ClF2N2O2. The fourth-order valence-corrected chi connectivity index (χ4v) is 2.55. The topological polar surface area (TPSA) is 50.4 Å². The van der Waals surface area contributed by atoms with Gasteiger partial charge in [-0.2, -0.15) is 0 Å². The minimum Gasteiger partial charge on any atom is -0.378 e. The minimum absolute atomic E-state index is 0. The van der Waals surface area contributed by atoms with Gasteiger partial charge < -0.3 is 10.1 Å². The number of alkyl halides is 2. The molecule has 0 radical (unpaired) electrons. The lowest BCUT2D eigenvalue weighted by molar-refractivity contribution is -0.123. The van der Waals surface area contributed by atoms with Crippen LogP contribution < -0.4 is 10.6 Å². The Kier molecular flexibility index (Phi) is 5.95. The Morgan fingerprint density at radius 3 is 2.84 bits per heavy atom. The first-order valence-corrected chi connectivity index (χ1v) is 6.47. The Labute approximate surface area is 118 Å². The van der Waals surface area contributed by atoms with E-state index in [1.54, 1.807) is 0 Å². The van der Waals surface area contributed by atoms with Gasteiger partial charge in [0.15, 0.2) is 0 Å². The lowest BCUT2D eigenvalue weighted by Crippen LogP contribution is -2.43. The Balaban J connectivity index is 0.00000180. The second-order valence-electron chi connectivity index (χ2n) is 5.31. The number of rotatable bonds is 3. The number of hydrogen-bond donors (Lipinski definition) is 2. The normalized spacial score (nSPS) is 33.5. The summed E-state index contributed by atoms with van der Waals surface area (Å²) in [5, 5.41) is 5.32. The molecule has 0 aromatic heterocycles. The number of halogens is 3. The molecule has 1 amide bonds. The van der Waals surface area contributed by atoms with Crippen molar-refractivity contribution in [2.45, 2.75) is 44.3 Å². The average Bonchev–Trinajstić information content (AvgIpc) is 2.67. The number of ether oxygens (including phenoxy) is 1. The number of carbonyl (C=O) groups excluding carboxylic acids is 1. The van der Waals surface area contributed by atoms with E-state index in [4.69, 9.17) is 4.74 Å². The number of carbonyl (C=O) groups is 1. The second-order valence-corrected chi connectivity index (χ2v) is 5.31. The van der Waals surface area contributed by atoms with E-state index >= 15 is 0 Å². The summed E-state index contributed by atoms with van der Waals surface area (Å²) in [6.45, 7) is 2.87. The minimum atomic E-state index is -2.75. The summed E-state index contributed by atoms with van der Waals surface area (Å²) in [6, 6.07) is -0.753. The Morgan fingerprint density at radius 1 is 1.53 bits per heavy atom. The van der Waals surface area contributed by atoms with Crippen LogP contribution >= 0.6 is 12.4 Å². The highest BCUT2D eigenvalue weighted by atomic mass is 35.5. The molecule has 3 atom stereocenters. The third-order valence-corrected chi connectivity index (χ3v) is 3.59. The van der Waals surface area contributed by atoms with Gasteiger partial charge in [-0.15, -0.1) is 12.4 Å². The Hall–Kier alpha value is -0.460. The average molecular weight is 299 g/mol. The largest absolute Gasteiger partial charge is 0.378 e. The van der Waals surface area contributed by atoms with Gasteiger partial charge in [-0.05, 0) is 25.7 Å². The smallest absolute Gasteiger partial charge is 0.262 e. The standard InChI is InChI=1S/C12H20F2N2O2.ClH/c1-8-4-9(2-3-18-8)6-15-11(17)10-5-12(13,14)7-16-10;/h8-10,16H,2-7H2,1H3,(H,15,17);1H. The van der Waals surface area contributed by atoms with Crippen LogP contribution in [-0.2, 0) is 9.53 Å². The van der Waals surface area contributed by atoms with E-state index in [1.807, 2.05) is 6.92 Å². The molecule has 2 rings (SSSR count). The maximum atomic E-state index is 12.9. The van der Waals surface area contributed by atoms with Gasteiger partial charge in [-0.3, -0.25) is 10.1 Å². The summed E-state index contributed by atoms with van der Waals surface area (Å²) in [7, 11) is 0. The van der Waals surface area contributed by atoms with Crippen LogP contribution in [0.15, 0.2) is 0 Å². The molecule has 2 heterocycles. The van der Waals surface area contributed by atoms with E-state index in [0.717, 1.165) is 12.8 Å². The molecular weight excluding hydrogens is 278 g/mol. The van der Waals surface area contributed by atoms with Crippen LogP contribution in [0, 0.1) is 5.92 Å². The number of hydrogen-bond acceptors (Lipinski definition) is 3. The van der Waals surface area contributed by atoms with E-state index in [-0.39, 0.29) is 24.4 Å². The van der Waals surface area contributed by atoms with Crippen molar-refractivity contribution in [3.05, 3.63) is 0 Å². The van der Waals surface area contributed by atoms with Gasteiger partial charge in [0.05, 0.1) is 18.7 Å². The Bertz CT molecular complexity index is 318. The predicted molar refractivity (Wildman–Crippen MR) is 69.8 cm³/mol. The van der Waals surface area contributed by atoms with Crippen molar-refractivity contribution in [3.8, 4) is 0 Å². The van der Waals surface area contributed by atoms with Crippen LogP contribution in [-0.4, -0.2) is 43.7 Å². The highest BCUT2D eigenvalue weighted by molar-refractivity contribution is 5.85. The van der Waals surface area contributed by atoms with Crippen molar-refractivity contribution in [2.24, 2.45) is 5.92 Å². The summed E-state index contributed by atoms with van der Waals surface area (Å²) in [4.78, 5) is 11.7. The van der Waals surface area contributed by atoms with Crippen LogP contribution in [0.2, 0.25) is 0 Å². The van der Waals surface area contributed by atoms with E-state index in [1.165, 1.54) is 0 Å². The summed E-state index contributed by atoms with van der Waals surface area (Å²) >= 11 is 0. The first kappa shape index (κ1) is 16.6. The van der Waals surface area contributed by atoms with Gasteiger partial charge in [0, 0.05) is 19.6 Å². The molecule has 2 aliphatic rings. The SMILES string of the molecule is CC1CC(CNC(=O)C2CC(F)(F)CN2)CCO1.Cl. The van der Waals surface area contributed by atoms with Crippen LogP contribution in [0.25, 0.3) is 0 Å². The monoisotopic (exact) mass is 298 g/mol. The molecule has 3 unspecified atom stereocenters. The van der Waals surface area contributed by atoms with Crippen molar-refractivity contribution in [1.82, 2.24) is 10.6 Å². The first-order valence-electron chi connectivity index (χ1n) is 6.47. The van der Waals surface area contributed by atoms with Crippen LogP contribution in [0.1, 0.15) is 26.2 Å². The van der Waals surface area contributed by atoms with E-state index < -0.39 is 24.9 Å². The highest BCUT2D eigenvalue weighted by Gasteiger charge is 2.42. The molecule has 0 spiro atoms. The number of nitrogens with one attached hydrogen (secondary N) is 2. The molecule has 19 heavy (non-hydrogen) atoms. The zero-order valence-electron chi connectivity index (χ0n) is 11.0. The van der Waals surface area contributed by atoms with Gasteiger partial charge in [0.2, 0.25) is 5.91 Å². The fraction of sp³-hybridized carbons (Fsp3) is 0.917. The molecule has 0 bridgehead atoms. The fourth-order valence-electron chi connectivity index (χ4n) is 2.55. The first-order chi connectivity index (χ1) is 8.46. The third-order valence-electron chi connectivity index (χ3n) is 3.59. The van der Waals surface area contributed by atoms with Gasteiger partial charge in [-0.25, -0.2) is 8.78 Å². The van der Waals surface area contributed by atoms with Crippen molar-refractivity contribution >= 4 is 18.3 Å².